The first-order valence-corrected chi connectivity index (χ1v) is 9.61. The fourth-order valence-electron chi connectivity index (χ4n) is 2.80. The zero-order valence-electron chi connectivity index (χ0n) is 18.0. The fourth-order valence-corrected chi connectivity index (χ4v) is 2.80. The molecule has 0 radical (unpaired) electrons. The third-order valence-electron chi connectivity index (χ3n) is 4.49. The van der Waals surface area contributed by atoms with E-state index in [0.29, 0.717) is 24.2 Å². The maximum absolute atomic E-state index is 9.96. The molecule has 2 rings (SSSR count). The molecular weight excluding hydrogens is 364 g/mol. The van der Waals surface area contributed by atoms with Crippen molar-refractivity contribution in [2.75, 3.05) is 0 Å². The van der Waals surface area contributed by atoms with Gasteiger partial charge in [0.1, 0.15) is 23.0 Å². The van der Waals surface area contributed by atoms with Crippen LogP contribution in [0.25, 0.3) is 0 Å². The number of aliphatic hydroxyl groups is 1. The van der Waals surface area contributed by atoms with Gasteiger partial charge in [0.05, 0.1) is 0 Å². The number of rotatable bonds is 5. The highest BCUT2D eigenvalue weighted by atomic mass is 16.3. The molecule has 0 aliphatic carbocycles. The van der Waals surface area contributed by atoms with E-state index in [1.807, 2.05) is 52.0 Å². The van der Waals surface area contributed by atoms with Crippen molar-refractivity contribution in [3.8, 4) is 17.2 Å². The van der Waals surface area contributed by atoms with Crippen molar-refractivity contribution < 1.29 is 20.4 Å². The molecule has 0 aliphatic rings. The van der Waals surface area contributed by atoms with Crippen molar-refractivity contribution in [3.63, 3.8) is 0 Å². The first-order valence-electron chi connectivity index (χ1n) is 9.61. The Labute approximate surface area is 173 Å². The summed E-state index contributed by atoms with van der Waals surface area (Å²) in [5, 5.41) is 38.4. The van der Waals surface area contributed by atoms with Crippen LogP contribution in [0.2, 0.25) is 0 Å². The maximum atomic E-state index is 9.96. The second-order valence-corrected chi connectivity index (χ2v) is 7.08. The Hall–Kier alpha value is -3.14. The van der Waals surface area contributed by atoms with E-state index in [2.05, 4.69) is 6.58 Å². The standard InChI is InChI=1S/C17H20O3.C8H12O/c1-4-13-8-14(16(19)9-15(13)18)7-12-5-10(2)17(20)11(3)6-12;1-4-5-6-8(9)7(2)3/h5-6,8-9,18-20H,4,7H2,1-3H3;4-6,9H,2H2,1,3H3/b;5-4-,8-6+. The van der Waals surface area contributed by atoms with Crippen LogP contribution >= 0.6 is 0 Å². The molecule has 0 aromatic heterocycles. The Bertz CT molecular complexity index is 898. The molecule has 0 bridgehead atoms. The Morgan fingerprint density at radius 2 is 1.52 bits per heavy atom. The molecule has 0 aliphatic heterocycles. The van der Waals surface area contributed by atoms with Gasteiger partial charge in [-0.1, -0.05) is 37.8 Å². The van der Waals surface area contributed by atoms with Gasteiger partial charge in [-0.25, -0.2) is 0 Å². The van der Waals surface area contributed by atoms with Crippen LogP contribution in [0.15, 0.2) is 60.4 Å². The van der Waals surface area contributed by atoms with E-state index in [4.69, 9.17) is 5.11 Å². The lowest BCUT2D eigenvalue weighted by Gasteiger charge is -2.11. The highest BCUT2D eigenvalue weighted by Gasteiger charge is 2.10. The molecule has 2 aromatic carbocycles. The van der Waals surface area contributed by atoms with E-state index < -0.39 is 0 Å². The molecule has 156 valence electrons. The van der Waals surface area contributed by atoms with Gasteiger partial charge in [-0.15, -0.1) is 0 Å². The number of phenolic OH excluding ortho intramolecular Hbond substituents is 3. The third kappa shape index (κ3) is 7.07. The van der Waals surface area contributed by atoms with E-state index in [-0.39, 0.29) is 17.3 Å². The highest BCUT2D eigenvalue weighted by Crippen LogP contribution is 2.31. The molecule has 0 saturated carbocycles. The number of hydrogen-bond acceptors (Lipinski definition) is 4. The lowest BCUT2D eigenvalue weighted by atomic mass is 9.97. The van der Waals surface area contributed by atoms with Crippen LogP contribution in [0.5, 0.6) is 17.2 Å². The number of aryl methyl sites for hydroxylation is 3. The lowest BCUT2D eigenvalue weighted by molar-refractivity contribution is 0.424. The van der Waals surface area contributed by atoms with Crippen LogP contribution in [0, 0.1) is 13.8 Å². The lowest BCUT2D eigenvalue weighted by Crippen LogP contribution is -1.94. The van der Waals surface area contributed by atoms with Crippen LogP contribution in [-0.4, -0.2) is 20.4 Å². The molecule has 4 heteroatoms. The van der Waals surface area contributed by atoms with Gasteiger partial charge in [0, 0.05) is 12.5 Å². The number of phenols is 3. The largest absolute Gasteiger partial charge is 0.508 e. The van der Waals surface area contributed by atoms with Gasteiger partial charge in [0.2, 0.25) is 0 Å². The molecule has 0 spiro atoms. The summed E-state index contributed by atoms with van der Waals surface area (Å²) < 4.78 is 0. The van der Waals surface area contributed by atoms with Crippen molar-refractivity contribution in [3.05, 3.63) is 88.2 Å². The number of aromatic hydroxyl groups is 3. The SMILES string of the molecule is C=C(C)/C(O)=C\C=C/C.CCc1cc(Cc2cc(C)c(O)c(C)c2)c(O)cc1O. The normalized spacial score (nSPS) is 11.3. The van der Waals surface area contributed by atoms with Crippen LogP contribution in [0.1, 0.15) is 48.6 Å². The quantitative estimate of drug-likeness (QED) is 0.361. The molecule has 0 saturated heterocycles. The first kappa shape index (κ1) is 23.9. The van der Waals surface area contributed by atoms with Crippen LogP contribution in [0.3, 0.4) is 0 Å². The second kappa shape index (κ2) is 11.0. The predicted octanol–water partition coefficient (Wildman–Crippen LogP) is 6.15. The van der Waals surface area contributed by atoms with Gasteiger partial charge in [-0.3, -0.25) is 0 Å². The van der Waals surface area contributed by atoms with Gasteiger partial charge < -0.3 is 20.4 Å². The molecule has 0 amide bonds. The van der Waals surface area contributed by atoms with Gasteiger partial charge in [0.15, 0.2) is 0 Å². The Kier molecular flexibility index (Phi) is 9.07. The second-order valence-electron chi connectivity index (χ2n) is 7.08. The zero-order chi connectivity index (χ0) is 22.1. The zero-order valence-corrected chi connectivity index (χ0v) is 18.0. The van der Waals surface area contributed by atoms with E-state index in [0.717, 1.165) is 27.8 Å². The summed E-state index contributed by atoms with van der Waals surface area (Å²) in [5.74, 6) is 0.793. The topological polar surface area (TPSA) is 80.9 Å². The van der Waals surface area contributed by atoms with Crippen molar-refractivity contribution in [2.45, 2.75) is 47.5 Å². The van der Waals surface area contributed by atoms with E-state index >= 15 is 0 Å². The summed E-state index contributed by atoms with van der Waals surface area (Å²) in [4.78, 5) is 0. The molecular formula is C25H32O4. The van der Waals surface area contributed by atoms with Gasteiger partial charge in [0.25, 0.3) is 0 Å². The molecule has 0 heterocycles. The number of benzene rings is 2. The minimum Gasteiger partial charge on any atom is -0.508 e. The summed E-state index contributed by atoms with van der Waals surface area (Å²) in [6.07, 6.45) is 6.51. The van der Waals surface area contributed by atoms with E-state index in [9.17, 15) is 15.3 Å². The summed E-state index contributed by atoms with van der Waals surface area (Å²) >= 11 is 0. The van der Waals surface area contributed by atoms with Crippen LogP contribution in [0.4, 0.5) is 0 Å². The smallest absolute Gasteiger partial charge is 0.122 e. The van der Waals surface area contributed by atoms with Crippen molar-refractivity contribution in [1.29, 1.82) is 0 Å². The highest BCUT2D eigenvalue weighted by molar-refractivity contribution is 5.49. The molecule has 29 heavy (non-hydrogen) atoms. The minimum atomic E-state index is 0.100. The molecule has 0 fully saturated rings. The molecule has 0 atom stereocenters. The van der Waals surface area contributed by atoms with Crippen molar-refractivity contribution >= 4 is 0 Å². The maximum Gasteiger partial charge on any atom is 0.122 e. The Morgan fingerprint density at radius 1 is 0.966 bits per heavy atom. The summed E-state index contributed by atoms with van der Waals surface area (Å²) in [7, 11) is 0. The summed E-state index contributed by atoms with van der Waals surface area (Å²) in [6, 6.07) is 7.07. The number of allylic oxidation sites excluding steroid dienone is 4. The Balaban J connectivity index is 0.000000396. The summed E-state index contributed by atoms with van der Waals surface area (Å²) in [6.45, 7) is 12.9. The molecule has 4 N–H and O–H groups in total. The Morgan fingerprint density at radius 3 is 2.00 bits per heavy atom. The number of aliphatic hydroxyl groups excluding tert-OH is 1. The average Bonchev–Trinajstić information content (AvgIpc) is 2.66. The fraction of sp³-hybridized carbons (Fsp3) is 0.280. The average molecular weight is 397 g/mol. The molecule has 4 nitrogen and oxygen atoms in total. The number of hydrogen-bond donors (Lipinski definition) is 4. The minimum absolute atomic E-state index is 0.100. The van der Waals surface area contributed by atoms with E-state index in [1.165, 1.54) is 6.07 Å². The summed E-state index contributed by atoms with van der Waals surface area (Å²) in [5.41, 5.74) is 4.98. The third-order valence-corrected chi connectivity index (χ3v) is 4.49. The van der Waals surface area contributed by atoms with Gasteiger partial charge >= 0.3 is 0 Å². The molecule has 0 unspecified atom stereocenters. The molecule has 2 aromatic rings. The van der Waals surface area contributed by atoms with Crippen LogP contribution in [-0.2, 0) is 12.8 Å². The van der Waals surface area contributed by atoms with Crippen molar-refractivity contribution in [1.82, 2.24) is 0 Å². The van der Waals surface area contributed by atoms with Gasteiger partial charge in [-0.05, 0) is 79.6 Å². The predicted molar refractivity (Wildman–Crippen MR) is 120 cm³/mol. The van der Waals surface area contributed by atoms with Gasteiger partial charge in [-0.2, -0.15) is 0 Å². The van der Waals surface area contributed by atoms with E-state index in [1.54, 1.807) is 19.1 Å². The monoisotopic (exact) mass is 396 g/mol. The van der Waals surface area contributed by atoms with Crippen molar-refractivity contribution in [2.24, 2.45) is 0 Å². The first-order chi connectivity index (χ1) is 13.6. The van der Waals surface area contributed by atoms with Crippen LogP contribution < -0.4 is 0 Å².